The minimum absolute atomic E-state index is 0.778. The molecule has 0 radical (unpaired) electrons. The summed E-state index contributed by atoms with van der Waals surface area (Å²) in [6, 6.07) is 8.23. The molecule has 0 amide bonds. The van der Waals surface area contributed by atoms with E-state index in [1.54, 1.807) is 0 Å². The Morgan fingerprint density at radius 1 is 1.35 bits per heavy atom. The van der Waals surface area contributed by atoms with Crippen LogP contribution < -0.4 is 5.32 Å². The Hall–Kier alpha value is -1.29. The molecule has 0 spiro atoms. The summed E-state index contributed by atoms with van der Waals surface area (Å²) in [6.45, 7) is 1.01. The summed E-state index contributed by atoms with van der Waals surface area (Å²) in [7, 11) is 0. The highest BCUT2D eigenvalue weighted by molar-refractivity contribution is 7.99. The second kappa shape index (κ2) is 4.92. The topological polar surface area (TPSA) is 37.8 Å². The van der Waals surface area contributed by atoms with Gasteiger partial charge in [0.2, 0.25) is 0 Å². The van der Waals surface area contributed by atoms with Gasteiger partial charge < -0.3 is 5.32 Å². The van der Waals surface area contributed by atoms with Crippen molar-refractivity contribution in [2.45, 2.75) is 6.42 Å². The summed E-state index contributed by atoms with van der Waals surface area (Å²) in [5, 5.41) is 14.0. The third kappa shape index (κ3) is 2.36. The van der Waals surface area contributed by atoms with Crippen molar-refractivity contribution in [1.29, 1.82) is 0 Å². The molecule has 1 atom stereocenters. The van der Waals surface area contributed by atoms with Crippen molar-refractivity contribution in [2.24, 2.45) is 5.92 Å². The third-order valence-corrected chi connectivity index (χ3v) is 4.38. The normalized spacial score (nSPS) is 19.6. The summed E-state index contributed by atoms with van der Waals surface area (Å²) in [4.78, 5) is 0. The first kappa shape index (κ1) is 10.8. The van der Waals surface area contributed by atoms with Gasteiger partial charge in [-0.2, -0.15) is 16.9 Å². The number of thioether (sulfide) groups is 1. The van der Waals surface area contributed by atoms with Gasteiger partial charge >= 0.3 is 0 Å². The van der Waals surface area contributed by atoms with Gasteiger partial charge in [0, 0.05) is 17.3 Å². The molecule has 1 aromatic carbocycles. The van der Waals surface area contributed by atoms with E-state index in [0.717, 1.165) is 29.1 Å². The molecule has 0 aliphatic carbocycles. The number of nitrogens with one attached hydrogen (secondary N) is 1. The number of aromatic nitrogens is 2. The number of benzene rings is 1. The molecule has 1 N–H and O–H groups in total. The Morgan fingerprint density at radius 2 is 2.29 bits per heavy atom. The van der Waals surface area contributed by atoms with Gasteiger partial charge in [-0.1, -0.05) is 24.3 Å². The van der Waals surface area contributed by atoms with E-state index in [-0.39, 0.29) is 0 Å². The molecule has 1 aromatic heterocycles. The summed E-state index contributed by atoms with van der Waals surface area (Å²) in [5.41, 5.74) is 0. The predicted octanol–water partition coefficient (Wildman–Crippen LogP) is 2.79. The standard InChI is InChI=1S/C13H15N3S/c1-2-4-12-11(3-1)8-15-16-13(12)14-7-10-5-6-17-9-10/h1-4,8,10H,5-7,9H2,(H,14,16). The lowest BCUT2D eigenvalue weighted by atomic mass is 10.1. The van der Waals surface area contributed by atoms with Gasteiger partial charge in [-0.05, 0) is 23.8 Å². The maximum Gasteiger partial charge on any atom is 0.156 e. The van der Waals surface area contributed by atoms with Crippen molar-refractivity contribution in [2.75, 3.05) is 23.4 Å². The monoisotopic (exact) mass is 245 g/mol. The van der Waals surface area contributed by atoms with Gasteiger partial charge in [-0.15, -0.1) is 5.10 Å². The summed E-state index contributed by atoms with van der Waals surface area (Å²) >= 11 is 2.04. The fourth-order valence-electron chi connectivity index (χ4n) is 2.14. The lowest BCUT2D eigenvalue weighted by Gasteiger charge is -2.11. The van der Waals surface area contributed by atoms with Crippen LogP contribution in [0.1, 0.15) is 6.42 Å². The molecule has 1 unspecified atom stereocenters. The average molecular weight is 245 g/mol. The van der Waals surface area contributed by atoms with E-state index < -0.39 is 0 Å². The van der Waals surface area contributed by atoms with Crippen molar-refractivity contribution in [1.82, 2.24) is 10.2 Å². The van der Waals surface area contributed by atoms with Crippen LogP contribution >= 0.6 is 11.8 Å². The minimum atomic E-state index is 0.778. The van der Waals surface area contributed by atoms with Crippen LogP contribution in [0.5, 0.6) is 0 Å². The Labute approximate surface area is 105 Å². The van der Waals surface area contributed by atoms with Crippen LogP contribution in [-0.4, -0.2) is 28.2 Å². The number of hydrogen-bond acceptors (Lipinski definition) is 4. The van der Waals surface area contributed by atoms with E-state index >= 15 is 0 Å². The molecule has 1 aliphatic heterocycles. The van der Waals surface area contributed by atoms with Crippen molar-refractivity contribution in [3.8, 4) is 0 Å². The van der Waals surface area contributed by atoms with Crippen LogP contribution in [-0.2, 0) is 0 Å². The zero-order valence-electron chi connectivity index (χ0n) is 9.60. The van der Waals surface area contributed by atoms with E-state index in [4.69, 9.17) is 0 Å². The Kier molecular flexibility index (Phi) is 3.14. The maximum atomic E-state index is 4.20. The van der Waals surface area contributed by atoms with Gasteiger partial charge in [0.05, 0.1) is 6.20 Å². The zero-order chi connectivity index (χ0) is 11.5. The highest BCUT2D eigenvalue weighted by Crippen LogP contribution is 2.25. The number of fused-ring (bicyclic) bond motifs is 1. The number of hydrogen-bond donors (Lipinski definition) is 1. The fraction of sp³-hybridized carbons (Fsp3) is 0.385. The molecule has 0 bridgehead atoms. The molecule has 1 saturated heterocycles. The van der Waals surface area contributed by atoms with E-state index in [0.29, 0.717) is 0 Å². The second-order valence-corrected chi connectivity index (χ2v) is 5.54. The Morgan fingerprint density at radius 3 is 3.18 bits per heavy atom. The van der Waals surface area contributed by atoms with Crippen LogP contribution in [0, 0.1) is 5.92 Å². The van der Waals surface area contributed by atoms with E-state index in [1.807, 2.05) is 30.1 Å². The molecule has 1 fully saturated rings. The first-order valence-electron chi connectivity index (χ1n) is 5.95. The highest BCUT2D eigenvalue weighted by Gasteiger charge is 2.15. The van der Waals surface area contributed by atoms with Crippen molar-refractivity contribution in [3.05, 3.63) is 30.5 Å². The quantitative estimate of drug-likeness (QED) is 0.902. The van der Waals surface area contributed by atoms with Crippen molar-refractivity contribution >= 4 is 28.4 Å². The maximum absolute atomic E-state index is 4.20. The van der Waals surface area contributed by atoms with Gasteiger partial charge in [-0.25, -0.2) is 0 Å². The van der Waals surface area contributed by atoms with Crippen molar-refractivity contribution < 1.29 is 0 Å². The van der Waals surface area contributed by atoms with Crippen LogP contribution in [0.3, 0.4) is 0 Å². The lowest BCUT2D eigenvalue weighted by Crippen LogP contribution is -2.14. The molecular weight excluding hydrogens is 230 g/mol. The van der Waals surface area contributed by atoms with Gasteiger partial charge in [0.15, 0.2) is 5.82 Å². The molecule has 3 nitrogen and oxygen atoms in total. The first-order chi connectivity index (χ1) is 8.43. The smallest absolute Gasteiger partial charge is 0.156 e. The second-order valence-electron chi connectivity index (χ2n) is 4.39. The molecule has 4 heteroatoms. The Bertz CT molecular complexity index is 503. The summed E-state index contributed by atoms with van der Waals surface area (Å²) < 4.78 is 0. The summed E-state index contributed by atoms with van der Waals surface area (Å²) in [5.74, 6) is 4.26. The van der Waals surface area contributed by atoms with Crippen LogP contribution in [0.25, 0.3) is 10.8 Å². The number of rotatable bonds is 3. The molecule has 0 saturated carbocycles. The van der Waals surface area contributed by atoms with E-state index in [1.165, 1.54) is 17.9 Å². The molecule has 1 aliphatic rings. The largest absolute Gasteiger partial charge is 0.368 e. The van der Waals surface area contributed by atoms with Crippen LogP contribution in [0.4, 0.5) is 5.82 Å². The fourth-order valence-corrected chi connectivity index (χ4v) is 3.43. The zero-order valence-corrected chi connectivity index (χ0v) is 10.4. The van der Waals surface area contributed by atoms with Gasteiger partial charge in [0.25, 0.3) is 0 Å². The lowest BCUT2D eigenvalue weighted by molar-refractivity contribution is 0.630. The predicted molar refractivity (Wildman–Crippen MR) is 73.5 cm³/mol. The molecule has 2 heterocycles. The summed E-state index contributed by atoms with van der Waals surface area (Å²) in [6.07, 6.45) is 3.13. The number of anilines is 1. The SMILES string of the molecule is c1ccc2c(NCC3CCSC3)nncc2c1. The Balaban J connectivity index is 1.79. The number of nitrogens with zero attached hydrogens (tertiary/aromatic N) is 2. The van der Waals surface area contributed by atoms with Crippen LogP contribution in [0.15, 0.2) is 30.5 Å². The van der Waals surface area contributed by atoms with E-state index in [9.17, 15) is 0 Å². The molecule has 3 rings (SSSR count). The molecule has 88 valence electrons. The third-order valence-electron chi connectivity index (χ3n) is 3.15. The van der Waals surface area contributed by atoms with Gasteiger partial charge in [0.1, 0.15) is 0 Å². The average Bonchev–Trinajstić information content (AvgIpc) is 2.89. The van der Waals surface area contributed by atoms with E-state index in [2.05, 4.69) is 27.6 Å². The van der Waals surface area contributed by atoms with Crippen LogP contribution in [0.2, 0.25) is 0 Å². The molecule has 2 aromatic rings. The van der Waals surface area contributed by atoms with Crippen molar-refractivity contribution in [3.63, 3.8) is 0 Å². The minimum Gasteiger partial charge on any atom is -0.368 e. The first-order valence-corrected chi connectivity index (χ1v) is 7.11. The molecular formula is C13H15N3S. The molecule has 17 heavy (non-hydrogen) atoms. The van der Waals surface area contributed by atoms with Gasteiger partial charge in [-0.3, -0.25) is 0 Å². The highest BCUT2D eigenvalue weighted by atomic mass is 32.2.